The second kappa shape index (κ2) is 14.3. The second-order valence-electron chi connectivity index (χ2n) is 14.6. The largest absolute Gasteiger partial charge is 0.310 e. The number of hydrogen-bond donors (Lipinski definition) is 0. The minimum atomic E-state index is 1.07. The van der Waals surface area contributed by atoms with Crippen LogP contribution in [0.1, 0.15) is 0 Å². The third kappa shape index (κ3) is 5.90. The molecule has 0 saturated carbocycles. The van der Waals surface area contributed by atoms with Crippen LogP contribution in [0.2, 0.25) is 0 Å². The van der Waals surface area contributed by atoms with Crippen molar-refractivity contribution in [2.75, 3.05) is 9.80 Å². The van der Waals surface area contributed by atoms with Gasteiger partial charge in [-0.2, -0.15) is 0 Å². The zero-order valence-electron chi connectivity index (χ0n) is 31.6. The Morgan fingerprint density at radius 3 is 1.33 bits per heavy atom. The van der Waals surface area contributed by atoms with Gasteiger partial charge in [0.1, 0.15) is 0 Å². The van der Waals surface area contributed by atoms with Gasteiger partial charge < -0.3 is 14.4 Å². The van der Waals surface area contributed by atoms with Crippen LogP contribution in [0.25, 0.3) is 58.8 Å². The second-order valence-corrected chi connectivity index (χ2v) is 15.7. The normalized spacial score (nSPS) is 11.4. The molecule has 4 heteroatoms. The minimum Gasteiger partial charge on any atom is -0.310 e. The Kier molecular flexibility index (Phi) is 8.34. The average Bonchev–Trinajstić information content (AvgIpc) is 3.82. The summed E-state index contributed by atoms with van der Waals surface area (Å²) in [6, 6.07) is 81.0. The van der Waals surface area contributed by atoms with Gasteiger partial charge in [0.2, 0.25) is 0 Å². The summed E-state index contributed by atoms with van der Waals surface area (Å²) < 4.78 is 5.06. The Morgan fingerprint density at radius 1 is 0.293 bits per heavy atom. The lowest BCUT2D eigenvalue weighted by Crippen LogP contribution is -2.13. The average molecular weight is 760 g/mol. The number of thiophene rings is 1. The monoisotopic (exact) mass is 759 g/mol. The van der Waals surface area contributed by atoms with E-state index >= 15 is 0 Å². The summed E-state index contributed by atoms with van der Waals surface area (Å²) in [6.07, 6.45) is 0. The lowest BCUT2D eigenvalue weighted by molar-refractivity contribution is 1.18. The maximum absolute atomic E-state index is 2.43. The first-order valence-electron chi connectivity index (χ1n) is 19.7. The Balaban J connectivity index is 1.10. The molecule has 0 saturated heterocycles. The molecule has 0 amide bonds. The van der Waals surface area contributed by atoms with Gasteiger partial charge in [0, 0.05) is 70.8 Å². The number of para-hydroxylation sites is 5. The van der Waals surface area contributed by atoms with Gasteiger partial charge >= 0.3 is 0 Å². The molecule has 0 unspecified atom stereocenters. The van der Waals surface area contributed by atoms with Crippen molar-refractivity contribution >= 4 is 87.4 Å². The van der Waals surface area contributed by atoms with Crippen molar-refractivity contribution in [2.24, 2.45) is 0 Å². The fourth-order valence-corrected chi connectivity index (χ4v) is 9.61. The SMILES string of the molecule is c1ccc(N(c2ccccc2)c2cc(-c3ccc(-n4c5ccccc5c5cc6c(cc54)sc4ccccc46)cc3)cc(N(c3ccccc3)c3ccccc3)c2)cc1. The Morgan fingerprint density at radius 2 is 0.776 bits per heavy atom. The molecule has 0 fully saturated rings. The van der Waals surface area contributed by atoms with E-state index in [4.69, 9.17) is 0 Å². The van der Waals surface area contributed by atoms with Crippen molar-refractivity contribution in [3.05, 3.63) is 224 Å². The number of benzene rings is 9. The molecule has 3 nitrogen and oxygen atoms in total. The third-order valence-corrected chi connectivity index (χ3v) is 12.2. The van der Waals surface area contributed by atoms with Crippen molar-refractivity contribution in [3.63, 3.8) is 0 Å². The predicted molar refractivity (Wildman–Crippen MR) is 248 cm³/mol. The smallest absolute Gasteiger partial charge is 0.0555 e. The van der Waals surface area contributed by atoms with Crippen molar-refractivity contribution < 1.29 is 0 Å². The van der Waals surface area contributed by atoms with Gasteiger partial charge in [-0.15, -0.1) is 11.3 Å². The summed E-state index contributed by atoms with van der Waals surface area (Å²) in [5.41, 5.74) is 12.4. The number of rotatable bonds is 8. The first-order chi connectivity index (χ1) is 28.8. The van der Waals surface area contributed by atoms with Gasteiger partial charge in [-0.25, -0.2) is 0 Å². The molecular weight excluding hydrogens is 723 g/mol. The standard InChI is InChI=1S/C54H37N3S/c1-5-17-40(18-6-1)55(41-19-7-2-8-20-41)45-33-39(34-46(35-45)56(42-21-9-3-10-22-42)43-23-11-4-12-24-43)38-29-31-44(32-30-38)57-51-27-15-13-25-47(51)49-36-50-48-26-14-16-28-53(48)58-54(50)37-52(49)57/h1-37H. The lowest BCUT2D eigenvalue weighted by atomic mass is 10.0. The van der Waals surface area contributed by atoms with Crippen LogP contribution in [-0.2, 0) is 0 Å². The molecule has 0 aliphatic rings. The van der Waals surface area contributed by atoms with E-state index in [-0.39, 0.29) is 0 Å². The maximum Gasteiger partial charge on any atom is 0.0555 e. The fourth-order valence-electron chi connectivity index (χ4n) is 8.49. The third-order valence-electron chi connectivity index (χ3n) is 11.1. The minimum absolute atomic E-state index is 1.07. The van der Waals surface area contributed by atoms with Crippen LogP contribution in [0.4, 0.5) is 34.1 Å². The summed E-state index contributed by atoms with van der Waals surface area (Å²) in [5, 5.41) is 5.18. The Hall–Kier alpha value is -7.40. The molecule has 9 aromatic carbocycles. The molecule has 2 aromatic heterocycles. The Labute approximate surface area is 341 Å². The summed E-state index contributed by atoms with van der Waals surface area (Å²) in [4.78, 5) is 4.70. The highest BCUT2D eigenvalue weighted by Gasteiger charge is 2.20. The number of hydrogen-bond acceptors (Lipinski definition) is 3. The Bertz CT molecular complexity index is 3030. The highest BCUT2D eigenvalue weighted by molar-refractivity contribution is 7.25. The highest BCUT2D eigenvalue weighted by Crippen LogP contribution is 2.44. The summed E-state index contributed by atoms with van der Waals surface area (Å²) in [7, 11) is 0. The molecule has 11 rings (SSSR count). The zero-order valence-corrected chi connectivity index (χ0v) is 32.4. The van der Waals surface area contributed by atoms with E-state index in [0.29, 0.717) is 0 Å². The molecular formula is C54H37N3S. The van der Waals surface area contributed by atoms with E-state index in [1.54, 1.807) is 0 Å². The molecule has 0 aliphatic heterocycles. The van der Waals surface area contributed by atoms with Crippen LogP contribution in [-0.4, -0.2) is 4.57 Å². The van der Waals surface area contributed by atoms with Gasteiger partial charge in [0.15, 0.2) is 0 Å². The van der Waals surface area contributed by atoms with E-state index in [1.807, 2.05) is 11.3 Å². The van der Waals surface area contributed by atoms with Crippen LogP contribution >= 0.6 is 11.3 Å². The molecule has 2 heterocycles. The maximum atomic E-state index is 2.43. The molecule has 0 spiro atoms. The number of aromatic nitrogens is 1. The van der Waals surface area contributed by atoms with E-state index in [9.17, 15) is 0 Å². The number of fused-ring (bicyclic) bond motifs is 6. The molecule has 0 radical (unpaired) electrons. The van der Waals surface area contributed by atoms with Gasteiger partial charge in [0.25, 0.3) is 0 Å². The van der Waals surface area contributed by atoms with E-state index in [2.05, 4.69) is 239 Å². The first kappa shape index (κ1) is 33.9. The molecule has 11 aromatic rings. The highest BCUT2D eigenvalue weighted by atomic mass is 32.1. The number of nitrogens with zero attached hydrogens (tertiary/aromatic N) is 3. The van der Waals surface area contributed by atoms with E-state index in [0.717, 1.165) is 50.9 Å². The summed E-state index contributed by atoms with van der Waals surface area (Å²) in [6.45, 7) is 0. The number of anilines is 6. The van der Waals surface area contributed by atoms with E-state index in [1.165, 1.54) is 42.0 Å². The van der Waals surface area contributed by atoms with Gasteiger partial charge in [-0.1, -0.05) is 121 Å². The van der Waals surface area contributed by atoms with Crippen molar-refractivity contribution in [1.82, 2.24) is 4.57 Å². The zero-order chi connectivity index (χ0) is 38.4. The van der Waals surface area contributed by atoms with Crippen LogP contribution in [0, 0.1) is 0 Å². The molecule has 0 aliphatic carbocycles. The van der Waals surface area contributed by atoms with Gasteiger partial charge in [-0.3, -0.25) is 0 Å². The van der Waals surface area contributed by atoms with Gasteiger partial charge in [-0.05, 0) is 114 Å². The van der Waals surface area contributed by atoms with Gasteiger partial charge in [0.05, 0.1) is 11.0 Å². The summed E-state index contributed by atoms with van der Waals surface area (Å²) in [5.74, 6) is 0. The van der Waals surface area contributed by atoms with E-state index < -0.39 is 0 Å². The van der Waals surface area contributed by atoms with Crippen LogP contribution < -0.4 is 9.80 Å². The predicted octanol–water partition coefficient (Wildman–Crippen LogP) is 15.8. The van der Waals surface area contributed by atoms with Crippen LogP contribution in [0.3, 0.4) is 0 Å². The molecule has 274 valence electrons. The quantitative estimate of drug-likeness (QED) is 0.153. The summed E-state index contributed by atoms with van der Waals surface area (Å²) >= 11 is 1.87. The lowest BCUT2D eigenvalue weighted by Gasteiger charge is -2.30. The topological polar surface area (TPSA) is 11.4 Å². The van der Waals surface area contributed by atoms with Crippen molar-refractivity contribution in [1.29, 1.82) is 0 Å². The van der Waals surface area contributed by atoms with Crippen molar-refractivity contribution in [3.8, 4) is 16.8 Å². The molecule has 0 atom stereocenters. The van der Waals surface area contributed by atoms with Crippen LogP contribution in [0.15, 0.2) is 224 Å². The molecule has 0 N–H and O–H groups in total. The van der Waals surface area contributed by atoms with Crippen molar-refractivity contribution in [2.45, 2.75) is 0 Å². The fraction of sp³-hybridized carbons (Fsp3) is 0. The molecule has 0 bridgehead atoms. The molecule has 58 heavy (non-hydrogen) atoms. The first-order valence-corrected chi connectivity index (χ1v) is 20.5. The van der Waals surface area contributed by atoms with Crippen LogP contribution in [0.5, 0.6) is 0 Å².